The third kappa shape index (κ3) is 3.75. The Morgan fingerprint density at radius 3 is 2.85 bits per heavy atom. The zero-order chi connectivity index (χ0) is 23.7. The third-order valence-electron chi connectivity index (χ3n) is 5.85. The lowest BCUT2D eigenvalue weighted by molar-refractivity contribution is 0.0508. The molecule has 1 aliphatic heterocycles. The van der Waals surface area contributed by atoms with Gasteiger partial charge < -0.3 is 10.2 Å². The number of hydrogen-bond donors (Lipinski definition) is 1. The molecule has 3 aromatic heterocycles. The molecule has 0 amide bonds. The van der Waals surface area contributed by atoms with E-state index in [1.54, 1.807) is 29.0 Å². The van der Waals surface area contributed by atoms with Gasteiger partial charge in [-0.25, -0.2) is 24.1 Å². The first-order chi connectivity index (χ1) is 16.6. The van der Waals surface area contributed by atoms with Gasteiger partial charge in [-0.15, -0.1) is 4.91 Å². The lowest BCUT2D eigenvalue weighted by atomic mass is 10.0. The fraction of sp³-hybridized carbons (Fsp3) is 0.217. The highest BCUT2D eigenvalue weighted by atomic mass is 19.1. The number of anilines is 1. The average Bonchev–Trinajstić information content (AvgIpc) is 3.25. The number of nitrogens with one attached hydrogen (secondary N) is 1. The van der Waals surface area contributed by atoms with Crippen molar-refractivity contribution in [1.82, 2.24) is 24.8 Å². The van der Waals surface area contributed by atoms with Gasteiger partial charge in [0, 0.05) is 49.2 Å². The van der Waals surface area contributed by atoms with Gasteiger partial charge in [-0.05, 0) is 25.1 Å². The molecule has 1 atom stereocenters. The number of benzene rings is 1. The number of fused-ring (bicyclic) bond motifs is 1. The lowest BCUT2D eigenvalue weighted by Crippen LogP contribution is -2.50. The third-order valence-corrected chi connectivity index (χ3v) is 5.85. The summed E-state index contributed by atoms with van der Waals surface area (Å²) >= 11 is 0. The SMILES string of the molecule is C[C@H]1CNCCN1c1ncnc2c1c(-c1ccccc1F)cn2-c1cc(C(=O)ON=O)ccn1. The Hall–Kier alpha value is -4.25. The molecule has 0 saturated carbocycles. The second-order valence-electron chi connectivity index (χ2n) is 7.89. The predicted octanol–water partition coefficient (Wildman–Crippen LogP) is 3.26. The van der Waals surface area contributed by atoms with Crippen LogP contribution in [0.25, 0.3) is 28.0 Å². The molecular weight excluding hydrogens is 441 g/mol. The molecule has 1 aromatic carbocycles. The largest absolute Gasteiger partial charge is 0.369 e. The highest BCUT2D eigenvalue weighted by molar-refractivity contribution is 6.02. The number of hydrogen-bond acceptors (Lipinski definition) is 9. The van der Waals surface area contributed by atoms with E-state index in [1.165, 1.54) is 30.7 Å². The van der Waals surface area contributed by atoms with E-state index in [0.29, 0.717) is 33.8 Å². The normalized spacial score (nSPS) is 15.9. The maximum absolute atomic E-state index is 14.9. The number of aromatic nitrogens is 4. The van der Waals surface area contributed by atoms with Crippen molar-refractivity contribution >= 4 is 22.8 Å². The second kappa shape index (κ2) is 8.94. The fourth-order valence-electron chi connectivity index (χ4n) is 4.24. The predicted molar refractivity (Wildman–Crippen MR) is 123 cm³/mol. The molecule has 0 radical (unpaired) electrons. The average molecular weight is 461 g/mol. The van der Waals surface area contributed by atoms with Gasteiger partial charge in [0.15, 0.2) is 11.0 Å². The fourth-order valence-corrected chi connectivity index (χ4v) is 4.24. The maximum atomic E-state index is 14.9. The number of rotatable bonds is 5. The van der Waals surface area contributed by atoms with Crippen LogP contribution in [0.4, 0.5) is 10.2 Å². The summed E-state index contributed by atoms with van der Waals surface area (Å²) in [5.41, 5.74) is 1.58. The first-order valence-electron chi connectivity index (χ1n) is 10.7. The molecule has 0 bridgehead atoms. The number of halogens is 1. The zero-order valence-corrected chi connectivity index (χ0v) is 18.2. The smallest absolute Gasteiger partial charge is 0.351 e. The van der Waals surface area contributed by atoms with Crippen LogP contribution >= 0.6 is 0 Å². The summed E-state index contributed by atoms with van der Waals surface area (Å²) in [6.45, 7) is 4.41. The Kier molecular flexibility index (Phi) is 5.68. The molecule has 11 heteroatoms. The van der Waals surface area contributed by atoms with Crippen molar-refractivity contribution in [3.63, 3.8) is 0 Å². The summed E-state index contributed by atoms with van der Waals surface area (Å²) in [6, 6.07) is 9.51. The Morgan fingerprint density at radius 2 is 2.06 bits per heavy atom. The minimum absolute atomic E-state index is 0.0869. The minimum Gasteiger partial charge on any atom is -0.351 e. The quantitative estimate of drug-likeness (QED) is 0.356. The number of piperazine rings is 1. The Labute approximate surface area is 193 Å². The van der Waals surface area contributed by atoms with E-state index in [0.717, 1.165) is 19.6 Å². The standard InChI is InChI=1S/C23H20FN7O3/c1-14-11-25-8-9-30(14)21-20-17(16-4-2-3-5-18(16)24)12-31(22(20)28-13-27-21)19-10-15(6-7-26-19)23(32)34-29-33/h2-7,10,12-14,25H,8-9,11H2,1H3/t14-/m0/s1. The van der Waals surface area contributed by atoms with Crippen molar-refractivity contribution in [1.29, 1.82) is 0 Å². The van der Waals surface area contributed by atoms with Crippen LogP contribution in [0.5, 0.6) is 0 Å². The minimum atomic E-state index is -0.908. The Morgan fingerprint density at radius 1 is 1.21 bits per heavy atom. The van der Waals surface area contributed by atoms with Crippen LogP contribution in [0.15, 0.2) is 60.5 Å². The number of nitrogens with zero attached hydrogens (tertiary/aromatic N) is 6. The molecule has 172 valence electrons. The highest BCUT2D eigenvalue weighted by Gasteiger charge is 2.26. The molecule has 0 aliphatic carbocycles. The summed E-state index contributed by atoms with van der Waals surface area (Å²) < 4.78 is 16.6. The molecule has 1 N–H and O–H groups in total. The van der Waals surface area contributed by atoms with E-state index in [1.807, 2.05) is 0 Å². The molecule has 34 heavy (non-hydrogen) atoms. The Bertz CT molecular complexity index is 1390. The number of pyridine rings is 1. The van der Waals surface area contributed by atoms with Crippen molar-refractivity contribution in [2.24, 2.45) is 5.34 Å². The maximum Gasteiger partial charge on any atom is 0.369 e. The van der Waals surface area contributed by atoms with Gasteiger partial charge in [0.25, 0.3) is 0 Å². The number of carbonyl (C=O) groups is 1. The Balaban J connectivity index is 1.76. The van der Waals surface area contributed by atoms with Crippen LogP contribution in [0, 0.1) is 10.7 Å². The van der Waals surface area contributed by atoms with Crippen molar-refractivity contribution in [2.45, 2.75) is 13.0 Å². The van der Waals surface area contributed by atoms with Gasteiger partial charge in [0.2, 0.25) is 0 Å². The van der Waals surface area contributed by atoms with Gasteiger partial charge >= 0.3 is 5.97 Å². The van der Waals surface area contributed by atoms with E-state index >= 15 is 0 Å². The molecule has 10 nitrogen and oxygen atoms in total. The van der Waals surface area contributed by atoms with E-state index in [4.69, 9.17) is 0 Å². The van der Waals surface area contributed by atoms with Gasteiger partial charge in [0.05, 0.1) is 10.9 Å². The molecule has 4 aromatic rings. The van der Waals surface area contributed by atoms with E-state index in [-0.39, 0.29) is 17.4 Å². The topological polar surface area (TPSA) is 115 Å². The van der Waals surface area contributed by atoms with E-state index in [9.17, 15) is 14.1 Å². The molecule has 0 unspecified atom stereocenters. The summed E-state index contributed by atoms with van der Waals surface area (Å²) in [6.07, 6.45) is 4.60. The molecule has 5 rings (SSSR count). The van der Waals surface area contributed by atoms with Gasteiger partial charge in [-0.3, -0.25) is 9.40 Å². The van der Waals surface area contributed by atoms with Crippen LogP contribution in [-0.4, -0.2) is 51.2 Å². The summed E-state index contributed by atoms with van der Waals surface area (Å²) in [4.78, 5) is 42.2. The molecular formula is C23H20FN7O3. The van der Waals surface area contributed by atoms with Gasteiger partial charge in [-0.2, -0.15) is 0 Å². The van der Waals surface area contributed by atoms with E-state index < -0.39 is 5.97 Å². The van der Waals surface area contributed by atoms with Crippen molar-refractivity contribution in [3.05, 3.63) is 71.4 Å². The zero-order valence-electron chi connectivity index (χ0n) is 18.2. The van der Waals surface area contributed by atoms with Gasteiger partial charge in [0.1, 0.15) is 23.8 Å². The van der Waals surface area contributed by atoms with Crippen LogP contribution < -0.4 is 10.2 Å². The van der Waals surface area contributed by atoms with Crippen LogP contribution in [0.2, 0.25) is 0 Å². The van der Waals surface area contributed by atoms with E-state index in [2.05, 4.69) is 42.3 Å². The summed E-state index contributed by atoms with van der Waals surface area (Å²) in [5.74, 6) is -0.260. The van der Waals surface area contributed by atoms with Crippen molar-refractivity contribution in [3.8, 4) is 16.9 Å². The van der Waals surface area contributed by atoms with Crippen molar-refractivity contribution in [2.75, 3.05) is 24.5 Å². The summed E-state index contributed by atoms with van der Waals surface area (Å²) in [5, 5.41) is 6.22. The highest BCUT2D eigenvalue weighted by Crippen LogP contribution is 2.38. The second-order valence-corrected chi connectivity index (χ2v) is 7.89. The first kappa shape index (κ1) is 21.6. The molecule has 1 aliphatic rings. The van der Waals surface area contributed by atoms with Crippen LogP contribution in [0.3, 0.4) is 0 Å². The molecule has 1 fully saturated rings. The van der Waals surface area contributed by atoms with Crippen LogP contribution in [-0.2, 0) is 4.84 Å². The van der Waals surface area contributed by atoms with Gasteiger partial charge in [-0.1, -0.05) is 18.2 Å². The first-order valence-corrected chi connectivity index (χ1v) is 10.7. The molecule has 0 spiro atoms. The monoisotopic (exact) mass is 461 g/mol. The summed E-state index contributed by atoms with van der Waals surface area (Å²) in [7, 11) is 0. The van der Waals surface area contributed by atoms with Crippen molar-refractivity contribution < 1.29 is 14.0 Å². The molecule has 4 heterocycles. The van der Waals surface area contributed by atoms with Crippen LogP contribution in [0.1, 0.15) is 17.3 Å². The molecule has 1 saturated heterocycles. The lowest BCUT2D eigenvalue weighted by Gasteiger charge is -2.35. The number of carbonyl (C=O) groups excluding carboxylic acids is 1.